The van der Waals surface area contributed by atoms with E-state index in [-0.39, 0.29) is 5.91 Å². The van der Waals surface area contributed by atoms with E-state index in [1.807, 2.05) is 44.2 Å². The molecule has 0 fully saturated rings. The van der Waals surface area contributed by atoms with E-state index in [4.69, 9.17) is 9.26 Å². The largest absolute Gasteiger partial charge is 0.489 e. The van der Waals surface area contributed by atoms with Crippen LogP contribution in [0.15, 0.2) is 34.9 Å². The average Bonchev–Trinajstić information content (AvgIpc) is 2.99. The predicted octanol–water partition coefficient (Wildman–Crippen LogP) is 3.21. The number of fused-ring (bicyclic) bond motifs is 1. The van der Waals surface area contributed by atoms with Crippen molar-refractivity contribution >= 4 is 16.8 Å². The molecule has 3 aromatic rings. The number of hydrogen-bond donors (Lipinski definition) is 1. The summed E-state index contributed by atoms with van der Waals surface area (Å²) in [5.74, 6) is 1.06. The highest BCUT2D eigenvalue weighted by molar-refractivity contribution is 5.96. The van der Waals surface area contributed by atoms with Gasteiger partial charge in [0.1, 0.15) is 29.2 Å². The van der Waals surface area contributed by atoms with Gasteiger partial charge < -0.3 is 14.6 Å². The molecule has 1 aromatic carbocycles. The number of amides is 1. The van der Waals surface area contributed by atoms with Crippen LogP contribution in [0.4, 0.5) is 0 Å². The van der Waals surface area contributed by atoms with Gasteiger partial charge in [-0.3, -0.25) is 4.79 Å². The molecule has 2 aromatic heterocycles. The molecule has 0 aliphatic heterocycles. The Morgan fingerprint density at radius 3 is 2.88 bits per heavy atom. The first-order chi connectivity index (χ1) is 12.1. The van der Waals surface area contributed by atoms with Gasteiger partial charge in [0.15, 0.2) is 0 Å². The summed E-state index contributed by atoms with van der Waals surface area (Å²) < 4.78 is 10.9. The molecular formula is C19H21N3O3. The zero-order valence-corrected chi connectivity index (χ0v) is 14.6. The molecule has 1 amide bonds. The highest BCUT2D eigenvalue weighted by Gasteiger charge is 2.18. The van der Waals surface area contributed by atoms with Gasteiger partial charge >= 0.3 is 0 Å². The van der Waals surface area contributed by atoms with Gasteiger partial charge in [-0.25, -0.2) is 4.98 Å². The number of carbonyl (C=O) groups excluding carboxylic acids is 1. The molecule has 6 heteroatoms. The zero-order valence-electron chi connectivity index (χ0n) is 14.6. The molecule has 0 aliphatic rings. The fourth-order valence-electron chi connectivity index (χ4n) is 2.70. The summed E-state index contributed by atoms with van der Waals surface area (Å²) in [6.45, 7) is 6.36. The molecular weight excluding hydrogens is 318 g/mol. The minimum atomic E-state index is -0.189. The van der Waals surface area contributed by atoms with E-state index in [0.717, 1.165) is 16.6 Å². The maximum Gasteiger partial charge on any atom is 0.256 e. The van der Waals surface area contributed by atoms with Crippen molar-refractivity contribution in [3.63, 3.8) is 0 Å². The van der Waals surface area contributed by atoms with E-state index in [2.05, 4.69) is 15.5 Å². The summed E-state index contributed by atoms with van der Waals surface area (Å²) >= 11 is 0. The fourth-order valence-corrected chi connectivity index (χ4v) is 2.70. The third-order valence-electron chi connectivity index (χ3n) is 3.96. The Bertz CT molecular complexity index is 902. The minimum absolute atomic E-state index is 0.189. The molecule has 0 radical (unpaired) electrons. The van der Waals surface area contributed by atoms with E-state index in [1.54, 1.807) is 6.92 Å². The van der Waals surface area contributed by atoms with Crippen molar-refractivity contribution in [3.05, 3.63) is 53.0 Å². The maximum atomic E-state index is 12.3. The number of para-hydroxylation sites is 1. The molecule has 0 atom stereocenters. The first-order valence-corrected chi connectivity index (χ1v) is 8.32. The number of nitrogens with one attached hydrogen (secondary N) is 1. The SMILES string of the molecule is CCc1noc(C)c1C(=O)NCCOc1cccc2ccc(C)nc12. The molecule has 0 bridgehead atoms. The van der Waals surface area contributed by atoms with Crippen molar-refractivity contribution < 1.29 is 14.1 Å². The lowest BCUT2D eigenvalue weighted by molar-refractivity contribution is 0.0945. The van der Waals surface area contributed by atoms with E-state index in [0.29, 0.717) is 42.3 Å². The number of rotatable bonds is 6. The van der Waals surface area contributed by atoms with Crippen molar-refractivity contribution in [2.45, 2.75) is 27.2 Å². The fraction of sp³-hybridized carbons (Fsp3) is 0.316. The predicted molar refractivity (Wildman–Crippen MR) is 94.9 cm³/mol. The van der Waals surface area contributed by atoms with Crippen molar-refractivity contribution in [1.82, 2.24) is 15.5 Å². The lowest BCUT2D eigenvalue weighted by atomic mass is 10.1. The number of hydrogen-bond acceptors (Lipinski definition) is 5. The van der Waals surface area contributed by atoms with Crippen LogP contribution in [0.1, 0.15) is 34.4 Å². The lowest BCUT2D eigenvalue weighted by Gasteiger charge is -2.10. The van der Waals surface area contributed by atoms with Gasteiger partial charge in [-0.1, -0.05) is 30.3 Å². The second-order valence-electron chi connectivity index (χ2n) is 5.80. The number of carbonyl (C=O) groups is 1. The summed E-state index contributed by atoms with van der Waals surface area (Å²) in [6.07, 6.45) is 0.650. The monoisotopic (exact) mass is 339 g/mol. The van der Waals surface area contributed by atoms with E-state index in [1.165, 1.54) is 0 Å². The van der Waals surface area contributed by atoms with Gasteiger partial charge in [-0.15, -0.1) is 0 Å². The van der Waals surface area contributed by atoms with Crippen LogP contribution in [0.3, 0.4) is 0 Å². The molecule has 0 aliphatic carbocycles. The van der Waals surface area contributed by atoms with Crippen LogP contribution in [0, 0.1) is 13.8 Å². The van der Waals surface area contributed by atoms with Crippen LogP contribution in [0.5, 0.6) is 5.75 Å². The Kier molecular flexibility index (Phi) is 4.97. The summed E-state index contributed by atoms with van der Waals surface area (Å²) in [5, 5.41) is 7.77. The number of aryl methyl sites for hydroxylation is 3. The van der Waals surface area contributed by atoms with Crippen molar-refractivity contribution in [1.29, 1.82) is 0 Å². The zero-order chi connectivity index (χ0) is 17.8. The number of ether oxygens (including phenoxy) is 1. The van der Waals surface area contributed by atoms with Crippen LogP contribution in [-0.2, 0) is 6.42 Å². The summed E-state index contributed by atoms with van der Waals surface area (Å²) in [4.78, 5) is 16.8. The molecule has 6 nitrogen and oxygen atoms in total. The Balaban J connectivity index is 1.61. The molecule has 0 saturated heterocycles. The first-order valence-electron chi connectivity index (χ1n) is 8.32. The molecule has 25 heavy (non-hydrogen) atoms. The van der Waals surface area contributed by atoms with Crippen molar-refractivity contribution in [2.24, 2.45) is 0 Å². The lowest BCUT2D eigenvalue weighted by Crippen LogP contribution is -2.29. The van der Waals surface area contributed by atoms with Crippen LogP contribution in [0.25, 0.3) is 10.9 Å². The Morgan fingerprint density at radius 2 is 2.08 bits per heavy atom. The van der Waals surface area contributed by atoms with Crippen LogP contribution in [-0.4, -0.2) is 29.2 Å². The number of pyridine rings is 1. The van der Waals surface area contributed by atoms with Gasteiger partial charge in [0.05, 0.1) is 12.2 Å². The van der Waals surface area contributed by atoms with Gasteiger partial charge in [-0.05, 0) is 32.4 Å². The summed E-state index contributed by atoms with van der Waals surface area (Å²) in [6, 6.07) is 9.81. The van der Waals surface area contributed by atoms with Gasteiger partial charge in [0.25, 0.3) is 5.91 Å². The molecule has 0 saturated carbocycles. The number of aromatic nitrogens is 2. The third-order valence-corrected chi connectivity index (χ3v) is 3.96. The van der Waals surface area contributed by atoms with Gasteiger partial charge in [0, 0.05) is 11.1 Å². The van der Waals surface area contributed by atoms with E-state index >= 15 is 0 Å². The highest BCUT2D eigenvalue weighted by atomic mass is 16.5. The molecule has 2 heterocycles. The minimum Gasteiger partial charge on any atom is -0.489 e. The average molecular weight is 339 g/mol. The second kappa shape index (κ2) is 7.34. The molecule has 0 unspecified atom stereocenters. The van der Waals surface area contributed by atoms with Gasteiger partial charge in [0.2, 0.25) is 0 Å². The summed E-state index contributed by atoms with van der Waals surface area (Å²) in [5.41, 5.74) is 2.96. The first kappa shape index (κ1) is 17.0. The topological polar surface area (TPSA) is 77.2 Å². The number of nitrogens with zero attached hydrogens (tertiary/aromatic N) is 2. The maximum absolute atomic E-state index is 12.3. The molecule has 1 N–H and O–H groups in total. The Morgan fingerprint density at radius 1 is 1.24 bits per heavy atom. The van der Waals surface area contributed by atoms with Crippen molar-refractivity contribution in [2.75, 3.05) is 13.2 Å². The van der Waals surface area contributed by atoms with E-state index < -0.39 is 0 Å². The standard InChI is InChI=1S/C19H21N3O3/c1-4-15-17(13(3)25-22-15)19(23)20-10-11-24-16-7-5-6-14-9-8-12(2)21-18(14)16/h5-9H,4,10-11H2,1-3H3,(H,20,23). The van der Waals surface area contributed by atoms with E-state index in [9.17, 15) is 4.79 Å². The normalized spacial score (nSPS) is 10.8. The summed E-state index contributed by atoms with van der Waals surface area (Å²) in [7, 11) is 0. The Labute approximate surface area is 146 Å². The molecule has 130 valence electrons. The highest BCUT2D eigenvalue weighted by Crippen LogP contribution is 2.23. The molecule has 3 rings (SSSR count). The molecule has 0 spiro atoms. The smallest absolute Gasteiger partial charge is 0.256 e. The second-order valence-corrected chi connectivity index (χ2v) is 5.80. The van der Waals surface area contributed by atoms with Crippen LogP contribution >= 0.6 is 0 Å². The third kappa shape index (κ3) is 3.63. The Hall–Kier alpha value is -2.89. The van der Waals surface area contributed by atoms with Crippen molar-refractivity contribution in [3.8, 4) is 5.75 Å². The number of benzene rings is 1. The van der Waals surface area contributed by atoms with Crippen LogP contribution in [0.2, 0.25) is 0 Å². The van der Waals surface area contributed by atoms with Gasteiger partial charge in [-0.2, -0.15) is 0 Å². The van der Waals surface area contributed by atoms with Crippen LogP contribution < -0.4 is 10.1 Å². The quantitative estimate of drug-likeness (QED) is 0.698.